The van der Waals surface area contributed by atoms with Gasteiger partial charge in [0, 0.05) is 45.5 Å². The van der Waals surface area contributed by atoms with Gasteiger partial charge in [0.25, 0.3) is 5.91 Å². The van der Waals surface area contributed by atoms with Crippen molar-refractivity contribution in [3.63, 3.8) is 0 Å². The maximum absolute atomic E-state index is 13.2. The molecule has 0 radical (unpaired) electrons. The molecule has 9 heteroatoms. The highest BCUT2D eigenvalue weighted by Gasteiger charge is 2.35. The Morgan fingerprint density at radius 2 is 1.67 bits per heavy atom. The number of anilines is 2. The first kappa shape index (κ1) is 21.5. The zero-order valence-corrected chi connectivity index (χ0v) is 18.6. The topological polar surface area (TPSA) is 78.5 Å². The van der Waals surface area contributed by atoms with Crippen LogP contribution in [0.15, 0.2) is 48.7 Å². The van der Waals surface area contributed by atoms with Crippen LogP contribution in [-0.4, -0.2) is 98.3 Å². The molecule has 3 aliphatic heterocycles. The molecule has 0 saturated carbocycles. The van der Waals surface area contributed by atoms with E-state index in [0.29, 0.717) is 51.7 Å². The van der Waals surface area contributed by atoms with Crippen molar-refractivity contribution in [3.8, 4) is 5.75 Å². The predicted molar refractivity (Wildman–Crippen MR) is 124 cm³/mol. The summed E-state index contributed by atoms with van der Waals surface area (Å²) in [4.78, 5) is 38.6. The quantitative estimate of drug-likeness (QED) is 0.682. The summed E-state index contributed by atoms with van der Waals surface area (Å²) in [7, 11) is 0. The van der Waals surface area contributed by atoms with Gasteiger partial charge >= 0.3 is 0 Å². The van der Waals surface area contributed by atoms with Crippen molar-refractivity contribution in [2.75, 3.05) is 75.4 Å². The highest BCUT2D eigenvalue weighted by Crippen LogP contribution is 2.33. The van der Waals surface area contributed by atoms with Gasteiger partial charge in [0.15, 0.2) is 6.10 Å². The summed E-state index contributed by atoms with van der Waals surface area (Å²) in [5.74, 6) is 1.60. The van der Waals surface area contributed by atoms with Crippen molar-refractivity contribution in [2.45, 2.75) is 6.10 Å². The first-order chi connectivity index (χ1) is 16.2. The number of rotatable bonds is 4. The van der Waals surface area contributed by atoms with Crippen molar-refractivity contribution >= 4 is 23.3 Å². The molecule has 0 unspecified atom stereocenters. The standard InChI is InChI=1S/C24H29N5O4/c30-23(27-11-9-26(10-12-27)22-7-3-4-8-25-22)18-29-17-21(24(31)28-13-15-32-16-14-28)33-20-6-2-1-5-19(20)29/h1-8,21H,9-18H2/t21-/m1/s1. The Bertz CT molecular complexity index is 974. The third-order valence-electron chi connectivity index (χ3n) is 6.39. The van der Waals surface area contributed by atoms with Crippen molar-refractivity contribution < 1.29 is 19.1 Å². The lowest BCUT2D eigenvalue weighted by atomic mass is 10.1. The van der Waals surface area contributed by atoms with Crippen molar-refractivity contribution in [2.24, 2.45) is 0 Å². The van der Waals surface area contributed by atoms with Gasteiger partial charge in [-0.2, -0.15) is 0 Å². The minimum atomic E-state index is -0.633. The minimum Gasteiger partial charge on any atom is -0.477 e. The number of nitrogens with zero attached hydrogens (tertiary/aromatic N) is 5. The Hall–Kier alpha value is -3.33. The van der Waals surface area contributed by atoms with Crippen LogP contribution in [0.1, 0.15) is 0 Å². The lowest BCUT2D eigenvalue weighted by Crippen LogP contribution is -2.55. The van der Waals surface area contributed by atoms with Crippen molar-refractivity contribution in [1.82, 2.24) is 14.8 Å². The second-order valence-electron chi connectivity index (χ2n) is 8.45. The number of piperazine rings is 1. The van der Waals surface area contributed by atoms with Gasteiger partial charge in [-0.3, -0.25) is 9.59 Å². The lowest BCUT2D eigenvalue weighted by Gasteiger charge is -2.40. The fourth-order valence-electron chi connectivity index (χ4n) is 4.56. The Morgan fingerprint density at radius 1 is 0.909 bits per heavy atom. The molecule has 1 aromatic heterocycles. The molecule has 9 nitrogen and oxygen atoms in total. The fourth-order valence-corrected chi connectivity index (χ4v) is 4.56. The van der Waals surface area contributed by atoms with Gasteiger partial charge in [-0.05, 0) is 24.3 Å². The van der Waals surface area contributed by atoms with Gasteiger partial charge in [-0.1, -0.05) is 18.2 Å². The average Bonchev–Trinajstić information content (AvgIpc) is 2.89. The molecular weight excluding hydrogens is 422 g/mol. The molecule has 3 aliphatic rings. The number of para-hydroxylation sites is 2. The molecular formula is C24H29N5O4. The summed E-state index contributed by atoms with van der Waals surface area (Å²) in [6.45, 7) is 5.60. The summed E-state index contributed by atoms with van der Waals surface area (Å²) in [5, 5.41) is 0. The van der Waals surface area contributed by atoms with Crippen LogP contribution in [0.2, 0.25) is 0 Å². The average molecular weight is 452 g/mol. The molecule has 0 spiro atoms. The summed E-state index contributed by atoms with van der Waals surface area (Å²) in [6, 6.07) is 13.5. The number of fused-ring (bicyclic) bond motifs is 1. The number of aromatic nitrogens is 1. The zero-order chi connectivity index (χ0) is 22.6. The number of benzene rings is 1. The van der Waals surface area contributed by atoms with Crippen LogP contribution in [-0.2, 0) is 14.3 Å². The number of hydrogen-bond donors (Lipinski definition) is 0. The second kappa shape index (κ2) is 9.66. The number of carbonyl (C=O) groups is 2. The highest BCUT2D eigenvalue weighted by atomic mass is 16.5. The number of carbonyl (C=O) groups excluding carboxylic acids is 2. The van der Waals surface area contributed by atoms with Crippen LogP contribution in [0.25, 0.3) is 0 Å². The summed E-state index contributed by atoms with van der Waals surface area (Å²) < 4.78 is 11.4. The van der Waals surface area contributed by atoms with E-state index in [2.05, 4.69) is 9.88 Å². The van der Waals surface area contributed by atoms with E-state index in [9.17, 15) is 9.59 Å². The Kier molecular flexibility index (Phi) is 6.30. The Labute approximate surface area is 193 Å². The monoisotopic (exact) mass is 451 g/mol. The molecule has 2 aromatic rings. The predicted octanol–water partition coefficient (Wildman–Crippen LogP) is 0.857. The molecule has 2 amide bonds. The van der Waals surface area contributed by atoms with Crippen LogP contribution < -0.4 is 14.5 Å². The third-order valence-corrected chi connectivity index (χ3v) is 6.39. The van der Waals surface area contributed by atoms with Crippen LogP contribution in [0, 0.1) is 0 Å². The van der Waals surface area contributed by atoms with Gasteiger partial charge in [0.05, 0.1) is 32.0 Å². The van der Waals surface area contributed by atoms with Gasteiger partial charge in [0.2, 0.25) is 5.91 Å². The molecule has 1 aromatic carbocycles. The molecule has 0 bridgehead atoms. The molecule has 2 saturated heterocycles. The molecule has 0 N–H and O–H groups in total. The lowest BCUT2D eigenvalue weighted by molar-refractivity contribution is -0.143. The Balaban J connectivity index is 1.24. The summed E-state index contributed by atoms with van der Waals surface area (Å²) in [5.41, 5.74) is 0.851. The number of ether oxygens (including phenoxy) is 2. The molecule has 33 heavy (non-hydrogen) atoms. The van der Waals surface area contributed by atoms with Gasteiger partial charge in [-0.25, -0.2) is 4.98 Å². The number of pyridine rings is 1. The third kappa shape index (κ3) is 4.73. The van der Waals surface area contributed by atoms with Gasteiger partial charge < -0.3 is 29.1 Å². The van der Waals surface area contributed by atoms with E-state index in [1.165, 1.54) is 0 Å². The van der Waals surface area contributed by atoms with Gasteiger partial charge in [0.1, 0.15) is 11.6 Å². The van der Waals surface area contributed by atoms with E-state index in [1.54, 1.807) is 11.1 Å². The number of amides is 2. The van der Waals surface area contributed by atoms with Crippen LogP contribution in [0.4, 0.5) is 11.5 Å². The summed E-state index contributed by atoms with van der Waals surface area (Å²) in [6.07, 6.45) is 1.16. The van der Waals surface area contributed by atoms with E-state index in [4.69, 9.17) is 9.47 Å². The maximum atomic E-state index is 13.2. The van der Waals surface area contributed by atoms with Crippen LogP contribution >= 0.6 is 0 Å². The smallest absolute Gasteiger partial charge is 0.265 e. The molecule has 0 aliphatic carbocycles. The normalized spacial score (nSPS) is 20.8. The van der Waals surface area contributed by atoms with E-state index in [-0.39, 0.29) is 18.4 Å². The molecule has 2 fully saturated rings. The maximum Gasteiger partial charge on any atom is 0.265 e. The fraction of sp³-hybridized carbons (Fsp3) is 0.458. The molecule has 4 heterocycles. The van der Waals surface area contributed by atoms with E-state index < -0.39 is 6.10 Å². The number of morpholine rings is 1. The number of hydrogen-bond acceptors (Lipinski definition) is 7. The van der Waals surface area contributed by atoms with Gasteiger partial charge in [-0.15, -0.1) is 0 Å². The summed E-state index contributed by atoms with van der Waals surface area (Å²) >= 11 is 0. The van der Waals surface area contributed by atoms with E-state index >= 15 is 0 Å². The van der Waals surface area contributed by atoms with Crippen LogP contribution in [0.3, 0.4) is 0 Å². The van der Waals surface area contributed by atoms with Crippen LogP contribution in [0.5, 0.6) is 5.75 Å². The zero-order valence-electron chi connectivity index (χ0n) is 18.6. The van der Waals surface area contributed by atoms with Crippen molar-refractivity contribution in [1.29, 1.82) is 0 Å². The largest absolute Gasteiger partial charge is 0.477 e. The Morgan fingerprint density at radius 3 is 2.42 bits per heavy atom. The van der Waals surface area contributed by atoms with Crippen molar-refractivity contribution in [3.05, 3.63) is 48.7 Å². The first-order valence-corrected chi connectivity index (χ1v) is 11.5. The molecule has 174 valence electrons. The highest BCUT2D eigenvalue weighted by molar-refractivity contribution is 5.86. The van der Waals surface area contributed by atoms with E-state index in [0.717, 1.165) is 24.6 Å². The van der Waals surface area contributed by atoms with E-state index in [1.807, 2.05) is 52.3 Å². The molecule has 1 atom stereocenters. The first-order valence-electron chi connectivity index (χ1n) is 11.5. The molecule has 5 rings (SSSR count). The second-order valence-corrected chi connectivity index (χ2v) is 8.45. The SMILES string of the molecule is O=C(CN1C[C@H](C(=O)N2CCOCC2)Oc2ccccc21)N1CCN(c2ccccn2)CC1. The minimum absolute atomic E-state index is 0.0470.